The van der Waals surface area contributed by atoms with Crippen molar-refractivity contribution in [1.82, 2.24) is 9.97 Å². The Hall–Kier alpha value is -1.38. The van der Waals surface area contributed by atoms with Gasteiger partial charge in [0.15, 0.2) is 5.69 Å². The maximum absolute atomic E-state index is 12.3. The number of methoxy groups -OCH3 is 1. The summed E-state index contributed by atoms with van der Waals surface area (Å²) in [5.41, 5.74) is -1.49. The van der Waals surface area contributed by atoms with Gasteiger partial charge < -0.3 is 4.74 Å². The predicted octanol–water partition coefficient (Wildman–Crippen LogP) is 0.708. The van der Waals surface area contributed by atoms with Crippen LogP contribution in [0.15, 0.2) is 5.16 Å². The van der Waals surface area contributed by atoms with Gasteiger partial charge in [-0.1, -0.05) is 0 Å². The molecule has 0 spiro atoms. The van der Waals surface area contributed by atoms with Crippen molar-refractivity contribution in [3.63, 3.8) is 0 Å². The van der Waals surface area contributed by atoms with Crippen molar-refractivity contribution in [2.24, 2.45) is 0 Å². The van der Waals surface area contributed by atoms with E-state index >= 15 is 0 Å². The molecule has 1 heterocycles. The van der Waals surface area contributed by atoms with Gasteiger partial charge in [-0.05, 0) is 0 Å². The topological polar surface area (TPSA) is 69.2 Å². The fraction of sp³-hybridized carbons (Fsp3) is 0.429. The highest BCUT2D eigenvalue weighted by Gasteiger charge is 2.35. The van der Waals surface area contributed by atoms with Gasteiger partial charge in [-0.2, -0.15) is 18.2 Å². The van der Waals surface area contributed by atoms with E-state index in [0.29, 0.717) is 6.26 Å². The van der Waals surface area contributed by atoms with Crippen LogP contribution in [0.25, 0.3) is 0 Å². The predicted molar refractivity (Wildman–Crippen MR) is 45.5 cm³/mol. The lowest BCUT2D eigenvalue weighted by molar-refractivity contribution is -0.142. The summed E-state index contributed by atoms with van der Waals surface area (Å²) in [4.78, 5) is 6.12. The number of hydrogen-bond donors (Lipinski definition) is 0. The second-order valence-corrected chi connectivity index (χ2v) is 4.67. The Morgan fingerprint density at radius 3 is 2.25 bits per heavy atom. The molecule has 0 bridgehead atoms. The minimum absolute atomic E-state index is 0.581. The molecule has 1 aromatic heterocycles. The summed E-state index contributed by atoms with van der Waals surface area (Å²) in [5, 5.41) is -0.949. The molecule has 0 aromatic carbocycles. The number of hydrogen-bond acceptors (Lipinski definition) is 5. The van der Waals surface area contributed by atoms with Crippen LogP contribution in [0.2, 0.25) is 0 Å². The van der Waals surface area contributed by atoms with Gasteiger partial charge in [0, 0.05) is 6.26 Å². The van der Waals surface area contributed by atoms with E-state index < -0.39 is 32.7 Å². The maximum Gasteiger partial charge on any atom is 0.434 e. The van der Waals surface area contributed by atoms with Gasteiger partial charge in [0.05, 0.1) is 13.2 Å². The zero-order valence-electron chi connectivity index (χ0n) is 8.16. The monoisotopic (exact) mass is 255 g/mol. The summed E-state index contributed by atoms with van der Waals surface area (Å²) < 4.78 is 63.4. The van der Waals surface area contributed by atoms with Gasteiger partial charge >= 0.3 is 6.18 Å². The third-order valence-electron chi connectivity index (χ3n) is 1.42. The van der Waals surface area contributed by atoms with Crippen LogP contribution in [0.1, 0.15) is 5.69 Å². The second-order valence-electron chi connectivity index (χ2n) is 2.76. The maximum atomic E-state index is 12.3. The Balaban J connectivity index is 3.45. The molecule has 9 heteroatoms. The number of sulfone groups is 1. The molecule has 0 unspecified atom stereocenters. The first-order valence-corrected chi connectivity index (χ1v) is 5.66. The third-order valence-corrected chi connectivity index (χ3v) is 2.27. The summed E-state index contributed by atoms with van der Waals surface area (Å²) in [6, 6.07) is 1.71. The van der Waals surface area contributed by atoms with E-state index in [4.69, 9.17) is 0 Å². The van der Waals surface area contributed by atoms with E-state index in [-0.39, 0.29) is 0 Å². The molecule has 5 nitrogen and oxygen atoms in total. The van der Waals surface area contributed by atoms with E-state index in [2.05, 4.69) is 14.7 Å². The van der Waals surface area contributed by atoms with Gasteiger partial charge in [-0.3, -0.25) is 0 Å². The number of rotatable bonds is 2. The van der Waals surface area contributed by atoms with Crippen molar-refractivity contribution in [2.75, 3.05) is 13.4 Å². The number of alkyl halides is 3. The Morgan fingerprint density at radius 2 is 1.88 bits per heavy atom. The SMILES string of the molecule is COc1[c]c(C(F)(F)F)nc(S(C)(=O)=O)n1. The minimum atomic E-state index is -4.81. The zero-order valence-corrected chi connectivity index (χ0v) is 8.98. The molecule has 0 aliphatic heterocycles. The van der Waals surface area contributed by atoms with Crippen molar-refractivity contribution in [2.45, 2.75) is 11.3 Å². The highest BCUT2D eigenvalue weighted by atomic mass is 32.2. The lowest BCUT2D eigenvalue weighted by atomic mass is 10.4. The largest absolute Gasteiger partial charge is 0.480 e. The summed E-state index contributed by atoms with van der Waals surface area (Å²) >= 11 is 0. The zero-order chi connectivity index (χ0) is 12.6. The lowest BCUT2D eigenvalue weighted by Crippen LogP contribution is -2.14. The van der Waals surface area contributed by atoms with Crippen molar-refractivity contribution >= 4 is 9.84 Å². The first kappa shape index (κ1) is 12.7. The van der Waals surface area contributed by atoms with Crippen molar-refractivity contribution in [1.29, 1.82) is 0 Å². The molecule has 16 heavy (non-hydrogen) atoms. The molecule has 0 fully saturated rings. The van der Waals surface area contributed by atoms with Crippen LogP contribution >= 0.6 is 0 Å². The Labute approximate surface area is 89.2 Å². The average molecular weight is 255 g/mol. The van der Waals surface area contributed by atoms with Gasteiger partial charge in [0.1, 0.15) is 0 Å². The smallest absolute Gasteiger partial charge is 0.434 e. The molecule has 0 N–H and O–H groups in total. The van der Waals surface area contributed by atoms with E-state index in [0.717, 1.165) is 7.11 Å². The van der Waals surface area contributed by atoms with Gasteiger partial charge in [-0.15, -0.1) is 0 Å². The van der Waals surface area contributed by atoms with Crippen LogP contribution in [-0.4, -0.2) is 31.8 Å². The first-order valence-electron chi connectivity index (χ1n) is 3.77. The highest BCUT2D eigenvalue weighted by molar-refractivity contribution is 7.90. The van der Waals surface area contributed by atoms with Crippen LogP contribution in [0.3, 0.4) is 0 Å². The number of halogens is 3. The summed E-state index contributed by atoms with van der Waals surface area (Å²) in [6.07, 6.45) is -4.11. The molecule has 0 saturated carbocycles. The molecule has 0 aliphatic rings. The summed E-state index contributed by atoms with van der Waals surface area (Å²) in [7, 11) is -2.89. The molecule has 1 rings (SSSR count). The lowest BCUT2D eigenvalue weighted by Gasteiger charge is -2.07. The van der Waals surface area contributed by atoms with Crippen molar-refractivity contribution < 1.29 is 26.3 Å². The van der Waals surface area contributed by atoms with Crippen LogP contribution in [0.4, 0.5) is 13.2 Å². The molecular formula is C7H6F3N2O3S. The summed E-state index contributed by atoms with van der Waals surface area (Å²) in [5.74, 6) is -0.581. The van der Waals surface area contributed by atoms with E-state index in [1.807, 2.05) is 0 Å². The Bertz CT molecular complexity index is 498. The van der Waals surface area contributed by atoms with E-state index in [1.165, 1.54) is 0 Å². The third kappa shape index (κ3) is 2.81. The van der Waals surface area contributed by atoms with Crippen LogP contribution in [0, 0.1) is 6.07 Å². The molecule has 0 aliphatic carbocycles. The quantitative estimate of drug-likeness (QED) is 0.728. The molecule has 89 valence electrons. The fourth-order valence-electron chi connectivity index (χ4n) is 0.761. The molecular weight excluding hydrogens is 249 g/mol. The fourth-order valence-corrected chi connectivity index (χ4v) is 1.27. The van der Waals surface area contributed by atoms with E-state index in [9.17, 15) is 21.6 Å². The molecule has 1 aromatic rings. The second kappa shape index (κ2) is 3.89. The number of nitrogens with zero attached hydrogens (tertiary/aromatic N) is 2. The highest BCUT2D eigenvalue weighted by Crippen LogP contribution is 2.29. The van der Waals surface area contributed by atoms with Gasteiger partial charge in [0.2, 0.25) is 15.7 Å². The van der Waals surface area contributed by atoms with Gasteiger partial charge in [-0.25, -0.2) is 13.4 Å². The van der Waals surface area contributed by atoms with Crippen LogP contribution < -0.4 is 4.74 Å². The minimum Gasteiger partial charge on any atom is -0.480 e. The van der Waals surface area contributed by atoms with E-state index in [1.54, 1.807) is 6.07 Å². The molecule has 0 amide bonds. The van der Waals surface area contributed by atoms with Crippen LogP contribution in [-0.2, 0) is 16.0 Å². The van der Waals surface area contributed by atoms with Gasteiger partial charge in [0.25, 0.3) is 5.16 Å². The molecule has 0 atom stereocenters. The van der Waals surface area contributed by atoms with Crippen molar-refractivity contribution in [3.05, 3.63) is 11.8 Å². The Kier molecular flexibility index (Phi) is 3.08. The standard InChI is InChI=1S/C7H6F3N2O3S/c1-15-5-3-4(7(8,9)10)11-6(12-5)16(2,13)14/h1-2H3. The summed E-state index contributed by atoms with van der Waals surface area (Å²) in [6.45, 7) is 0. The molecule has 0 saturated heterocycles. The Morgan fingerprint density at radius 1 is 1.31 bits per heavy atom. The normalized spacial score (nSPS) is 12.6. The number of ether oxygens (including phenoxy) is 1. The number of aromatic nitrogens is 2. The molecule has 1 radical (unpaired) electrons. The van der Waals surface area contributed by atoms with Crippen molar-refractivity contribution in [3.8, 4) is 5.88 Å². The van der Waals surface area contributed by atoms with Crippen LogP contribution in [0.5, 0.6) is 5.88 Å². The average Bonchev–Trinajstić information content (AvgIpc) is 2.14. The first-order chi connectivity index (χ1) is 7.14.